The summed E-state index contributed by atoms with van der Waals surface area (Å²) in [6.07, 6.45) is 7.34. The first-order valence-electron chi connectivity index (χ1n) is 16.8. The standard InChI is InChI=1S/C47H31N3/c1-2-11-33(12-3-1)46-40-18-4-6-20-42(40)47(43-21-7-5-19-41(43)46)37-16-9-14-35(28-37)39-29-44(50-45(30-39)38-17-10-24-49-31-38)36-15-8-13-34(27-36)32-22-25-48-26-23-32/h1-31H. The van der Waals surface area contributed by atoms with E-state index in [2.05, 4.69) is 156 Å². The summed E-state index contributed by atoms with van der Waals surface area (Å²) in [6.45, 7) is 0. The van der Waals surface area contributed by atoms with E-state index >= 15 is 0 Å². The smallest absolute Gasteiger partial charge is 0.0731 e. The Morgan fingerprint density at radius 2 is 0.780 bits per heavy atom. The molecular formula is C47H31N3. The lowest BCUT2D eigenvalue weighted by molar-refractivity contribution is 1.28. The number of nitrogens with zero attached hydrogens (tertiary/aromatic N) is 3. The van der Waals surface area contributed by atoms with Gasteiger partial charge >= 0.3 is 0 Å². The van der Waals surface area contributed by atoms with E-state index in [9.17, 15) is 0 Å². The van der Waals surface area contributed by atoms with E-state index in [1.807, 2.05) is 36.8 Å². The maximum absolute atomic E-state index is 5.18. The van der Waals surface area contributed by atoms with E-state index in [-0.39, 0.29) is 0 Å². The number of hydrogen-bond donors (Lipinski definition) is 0. The van der Waals surface area contributed by atoms with Gasteiger partial charge in [0.1, 0.15) is 0 Å². The third-order valence-corrected chi connectivity index (χ3v) is 9.43. The number of benzene rings is 6. The first-order chi connectivity index (χ1) is 24.8. The van der Waals surface area contributed by atoms with Crippen molar-refractivity contribution in [1.29, 1.82) is 0 Å². The highest BCUT2D eigenvalue weighted by Gasteiger charge is 2.17. The summed E-state index contributed by atoms with van der Waals surface area (Å²) in [5.41, 5.74) is 13.2. The molecule has 0 saturated carbocycles. The molecule has 0 N–H and O–H groups in total. The fourth-order valence-corrected chi connectivity index (χ4v) is 7.12. The fraction of sp³-hybridized carbons (Fsp3) is 0. The molecule has 0 amide bonds. The van der Waals surface area contributed by atoms with E-state index < -0.39 is 0 Å². The van der Waals surface area contributed by atoms with Crippen molar-refractivity contribution in [3.8, 4) is 67.0 Å². The van der Waals surface area contributed by atoms with Crippen molar-refractivity contribution >= 4 is 21.5 Å². The van der Waals surface area contributed by atoms with Gasteiger partial charge in [0, 0.05) is 35.9 Å². The minimum atomic E-state index is 0.883. The zero-order chi connectivity index (χ0) is 33.3. The monoisotopic (exact) mass is 637 g/mol. The van der Waals surface area contributed by atoms with Crippen LogP contribution in [0.3, 0.4) is 0 Å². The quantitative estimate of drug-likeness (QED) is 0.170. The summed E-state index contributed by atoms with van der Waals surface area (Å²) in [6, 6.07) is 58.4. The molecule has 50 heavy (non-hydrogen) atoms. The SMILES string of the molecule is c1ccc(-c2c3ccccc3c(-c3cccc(-c4cc(-c5cccnc5)nc(-c5cccc(-c6ccncc6)c5)c4)c3)c3ccccc23)cc1. The molecule has 0 unspecified atom stereocenters. The number of pyridine rings is 3. The van der Waals surface area contributed by atoms with E-state index in [4.69, 9.17) is 4.98 Å². The molecule has 0 radical (unpaired) electrons. The van der Waals surface area contributed by atoms with Crippen LogP contribution in [0.1, 0.15) is 0 Å². The predicted molar refractivity (Wildman–Crippen MR) is 207 cm³/mol. The zero-order valence-corrected chi connectivity index (χ0v) is 27.2. The van der Waals surface area contributed by atoms with Crippen LogP contribution in [0.2, 0.25) is 0 Å². The fourth-order valence-electron chi connectivity index (χ4n) is 7.12. The van der Waals surface area contributed by atoms with Crippen LogP contribution in [0, 0.1) is 0 Å². The Morgan fingerprint density at radius 3 is 1.42 bits per heavy atom. The maximum Gasteiger partial charge on any atom is 0.0731 e. The average molecular weight is 638 g/mol. The number of fused-ring (bicyclic) bond motifs is 2. The first-order valence-corrected chi connectivity index (χ1v) is 16.8. The van der Waals surface area contributed by atoms with Gasteiger partial charge in [-0.15, -0.1) is 0 Å². The number of rotatable bonds is 6. The van der Waals surface area contributed by atoms with Crippen LogP contribution < -0.4 is 0 Å². The van der Waals surface area contributed by atoms with Crippen molar-refractivity contribution in [3.63, 3.8) is 0 Å². The van der Waals surface area contributed by atoms with E-state index in [1.165, 1.54) is 43.8 Å². The maximum atomic E-state index is 5.18. The molecule has 0 aliphatic heterocycles. The highest BCUT2D eigenvalue weighted by atomic mass is 14.7. The zero-order valence-electron chi connectivity index (χ0n) is 27.2. The first kappa shape index (κ1) is 29.4. The van der Waals surface area contributed by atoms with Gasteiger partial charge in [0.2, 0.25) is 0 Å². The molecule has 0 atom stereocenters. The van der Waals surface area contributed by atoms with Gasteiger partial charge < -0.3 is 0 Å². The van der Waals surface area contributed by atoms with E-state index in [0.717, 1.165) is 44.8 Å². The van der Waals surface area contributed by atoms with Crippen LogP contribution in [0.15, 0.2) is 189 Å². The Bertz CT molecular complexity index is 2580. The Morgan fingerprint density at radius 1 is 0.280 bits per heavy atom. The third-order valence-electron chi connectivity index (χ3n) is 9.43. The summed E-state index contributed by atoms with van der Waals surface area (Å²) >= 11 is 0. The summed E-state index contributed by atoms with van der Waals surface area (Å²) in [5.74, 6) is 0. The van der Waals surface area contributed by atoms with Crippen molar-refractivity contribution in [1.82, 2.24) is 15.0 Å². The normalized spacial score (nSPS) is 11.2. The van der Waals surface area contributed by atoms with Crippen molar-refractivity contribution in [2.75, 3.05) is 0 Å². The van der Waals surface area contributed by atoms with E-state index in [0.29, 0.717) is 0 Å². The van der Waals surface area contributed by atoms with Gasteiger partial charge in [-0.3, -0.25) is 9.97 Å². The molecule has 3 aromatic heterocycles. The summed E-state index contributed by atoms with van der Waals surface area (Å²) in [7, 11) is 0. The van der Waals surface area contributed by atoms with Crippen molar-refractivity contribution in [2.24, 2.45) is 0 Å². The Labute approximate surface area is 291 Å². The molecule has 0 spiro atoms. The molecule has 9 aromatic rings. The molecule has 3 heterocycles. The summed E-state index contributed by atoms with van der Waals surface area (Å²) < 4.78 is 0. The summed E-state index contributed by atoms with van der Waals surface area (Å²) in [4.78, 5) is 13.8. The van der Waals surface area contributed by atoms with E-state index in [1.54, 1.807) is 6.20 Å². The highest BCUT2D eigenvalue weighted by molar-refractivity contribution is 6.21. The number of hydrogen-bond acceptors (Lipinski definition) is 3. The van der Waals surface area contributed by atoms with Gasteiger partial charge in [0.25, 0.3) is 0 Å². The Balaban J connectivity index is 1.24. The molecule has 0 fully saturated rings. The Hall–Kier alpha value is -6.71. The molecule has 9 rings (SSSR count). The average Bonchev–Trinajstić information content (AvgIpc) is 3.21. The van der Waals surface area contributed by atoms with Crippen LogP contribution in [0.5, 0.6) is 0 Å². The third kappa shape index (κ3) is 5.41. The second-order valence-corrected chi connectivity index (χ2v) is 12.5. The van der Waals surface area contributed by atoms with Crippen LogP contribution in [-0.4, -0.2) is 15.0 Å². The predicted octanol–water partition coefficient (Wildman–Crippen LogP) is 12.2. The van der Waals surface area contributed by atoms with Crippen molar-refractivity contribution < 1.29 is 0 Å². The largest absolute Gasteiger partial charge is 0.265 e. The minimum absolute atomic E-state index is 0.883. The molecule has 234 valence electrons. The minimum Gasteiger partial charge on any atom is -0.265 e. The molecule has 3 nitrogen and oxygen atoms in total. The van der Waals surface area contributed by atoms with Gasteiger partial charge in [-0.2, -0.15) is 0 Å². The lowest BCUT2D eigenvalue weighted by Gasteiger charge is -2.18. The molecule has 3 heteroatoms. The number of aromatic nitrogens is 3. The van der Waals surface area contributed by atoms with Gasteiger partial charge in [0.05, 0.1) is 11.4 Å². The van der Waals surface area contributed by atoms with Crippen LogP contribution >= 0.6 is 0 Å². The Kier molecular flexibility index (Phi) is 7.49. The van der Waals surface area contributed by atoms with Gasteiger partial charge in [-0.05, 0) is 115 Å². The van der Waals surface area contributed by atoms with Gasteiger partial charge in [-0.25, -0.2) is 4.98 Å². The van der Waals surface area contributed by atoms with Crippen molar-refractivity contribution in [3.05, 3.63) is 189 Å². The second-order valence-electron chi connectivity index (χ2n) is 12.5. The topological polar surface area (TPSA) is 38.7 Å². The molecule has 6 aromatic carbocycles. The molecule has 0 saturated heterocycles. The lowest BCUT2D eigenvalue weighted by atomic mass is 9.85. The van der Waals surface area contributed by atoms with Crippen LogP contribution in [-0.2, 0) is 0 Å². The van der Waals surface area contributed by atoms with Crippen molar-refractivity contribution in [2.45, 2.75) is 0 Å². The second kappa shape index (κ2) is 12.7. The summed E-state index contributed by atoms with van der Waals surface area (Å²) in [5, 5.41) is 4.97. The molecule has 0 aliphatic rings. The molecule has 0 bridgehead atoms. The van der Waals surface area contributed by atoms with Crippen LogP contribution in [0.4, 0.5) is 0 Å². The molecule has 0 aliphatic carbocycles. The molecular weight excluding hydrogens is 607 g/mol. The highest BCUT2D eigenvalue weighted by Crippen LogP contribution is 2.44. The van der Waals surface area contributed by atoms with Gasteiger partial charge in [0.15, 0.2) is 0 Å². The lowest BCUT2D eigenvalue weighted by Crippen LogP contribution is -1.93. The van der Waals surface area contributed by atoms with Gasteiger partial charge in [-0.1, -0.05) is 115 Å². The van der Waals surface area contributed by atoms with Crippen LogP contribution in [0.25, 0.3) is 88.6 Å².